The number of oxime groups is 1. The number of benzene rings is 1. The molecule has 3 N–H and O–H groups in total. The Hall–Kier alpha value is -2.41. The first-order valence-electron chi connectivity index (χ1n) is 6.76. The molecule has 7 nitrogen and oxygen atoms in total. The summed E-state index contributed by atoms with van der Waals surface area (Å²) in [5.74, 6) is 1.05. The Morgan fingerprint density at radius 1 is 1.43 bits per heavy atom. The van der Waals surface area contributed by atoms with Gasteiger partial charge >= 0.3 is 0 Å². The third kappa shape index (κ3) is 3.79. The van der Waals surface area contributed by atoms with Crippen molar-refractivity contribution >= 4 is 5.84 Å². The smallest absolute Gasteiger partial charge is 0.170 e. The maximum Gasteiger partial charge on any atom is 0.170 e. The van der Waals surface area contributed by atoms with Crippen LogP contribution in [0.5, 0.6) is 0 Å². The molecule has 0 amide bonds. The molecule has 112 valence electrons. The van der Waals surface area contributed by atoms with E-state index in [4.69, 9.17) is 10.9 Å². The molecular weight excluding hydrogens is 268 g/mol. The Balaban J connectivity index is 2.04. The lowest BCUT2D eigenvalue weighted by atomic mass is 10.1. The van der Waals surface area contributed by atoms with Crippen LogP contribution in [0, 0.1) is 0 Å². The number of hydrogen-bond acceptors (Lipinski definition) is 5. The highest BCUT2D eigenvalue weighted by Crippen LogP contribution is 2.09. The molecule has 0 saturated heterocycles. The summed E-state index contributed by atoms with van der Waals surface area (Å²) in [7, 11) is 2.02. The first-order chi connectivity index (χ1) is 10.1. The van der Waals surface area contributed by atoms with Gasteiger partial charge in [-0.1, -0.05) is 23.4 Å². The van der Waals surface area contributed by atoms with Crippen LogP contribution in [0.2, 0.25) is 0 Å². The number of nitrogens with zero attached hydrogens (tertiary/aromatic N) is 5. The lowest BCUT2D eigenvalue weighted by Crippen LogP contribution is -2.21. The zero-order valence-electron chi connectivity index (χ0n) is 12.3. The number of hydrogen-bond donors (Lipinski definition) is 2. The fraction of sp³-hybridized carbons (Fsp3) is 0.357. The summed E-state index contributed by atoms with van der Waals surface area (Å²) in [6.45, 7) is 4.30. The Kier molecular flexibility index (Phi) is 4.89. The average Bonchev–Trinajstić information content (AvgIpc) is 2.93. The summed E-state index contributed by atoms with van der Waals surface area (Å²) in [4.78, 5) is 6.41. The molecule has 0 fully saturated rings. The average molecular weight is 288 g/mol. The van der Waals surface area contributed by atoms with E-state index >= 15 is 0 Å². The number of aromatic nitrogens is 3. The Bertz CT molecular complexity index is 621. The van der Waals surface area contributed by atoms with Crippen molar-refractivity contribution in [3.63, 3.8) is 0 Å². The Labute approximate surface area is 123 Å². The quantitative estimate of drug-likeness (QED) is 0.358. The molecule has 0 saturated carbocycles. The number of nitrogens with two attached hydrogens (primary N) is 1. The summed E-state index contributed by atoms with van der Waals surface area (Å²) < 4.78 is 1.88. The van der Waals surface area contributed by atoms with Gasteiger partial charge in [-0.3, -0.25) is 4.90 Å². The van der Waals surface area contributed by atoms with E-state index in [1.54, 1.807) is 6.33 Å². The second kappa shape index (κ2) is 6.85. The van der Waals surface area contributed by atoms with Crippen LogP contribution < -0.4 is 5.73 Å². The molecule has 1 aromatic heterocycles. The molecule has 21 heavy (non-hydrogen) atoms. The van der Waals surface area contributed by atoms with Crippen molar-refractivity contribution in [1.29, 1.82) is 0 Å². The number of aryl methyl sites for hydroxylation is 1. The molecule has 1 aromatic carbocycles. The van der Waals surface area contributed by atoms with Gasteiger partial charge in [0, 0.05) is 18.7 Å². The first-order valence-corrected chi connectivity index (χ1v) is 6.76. The van der Waals surface area contributed by atoms with Gasteiger partial charge in [-0.2, -0.15) is 5.10 Å². The van der Waals surface area contributed by atoms with Crippen molar-refractivity contribution < 1.29 is 5.21 Å². The van der Waals surface area contributed by atoms with E-state index in [9.17, 15) is 0 Å². The van der Waals surface area contributed by atoms with Crippen LogP contribution in [0.4, 0.5) is 0 Å². The highest BCUT2D eigenvalue weighted by molar-refractivity contribution is 5.97. The van der Waals surface area contributed by atoms with Crippen LogP contribution in [0.3, 0.4) is 0 Å². The summed E-state index contributed by atoms with van der Waals surface area (Å²) in [5.41, 5.74) is 7.40. The molecule has 0 spiro atoms. The third-order valence-corrected chi connectivity index (χ3v) is 3.19. The predicted octanol–water partition coefficient (Wildman–Crippen LogP) is 1.02. The van der Waals surface area contributed by atoms with Crippen LogP contribution in [0.1, 0.15) is 23.9 Å². The van der Waals surface area contributed by atoms with Crippen LogP contribution in [0.25, 0.3) is 0 Å². The van der Waals surface area contributed by atoms with E-state index in [0.29, 0.717) is 12.1 Å². The minimum absolute atomic E-state index is 0.116. The number of amidine groups is 1. The molecular formula is C14H20N6O. The van der Waals surface area contributed by atoms with E-state index in [0.717, 1.165) is 24.5 Å². The molecule has 0 aliphatic carbocycles. The second-order valence-electron chi connectivity index (χ2n) is 4.85. The van der Waals surface area contributed by atoms with Gasteiger partial charge in [-0.05, 0) is 25.6 Å². The van der Waals surface area contributed by atoms with Crippen molar-refractivity contribution in [1.82, 2.24) is 19.7 Å². The molecule has 2 aromatic rings. The second-order valence-corrected chi connectivity index (χ2v) is 4.85. The molecule has 2 rings (SSSR count). The van der Waals surface area contributed by atoms with Crippen LogP contribution in [-0.4, -0.2) is 37.8 Å². The lowest BCUT2D eigenvalue weighted by Gasteiger charge is -2.16. The summed E-state index contributed by atoms with van der Waals surface area (Å²) in [5, 5.41) is 15.9. The molecule has 0 unspecified atom stereocenters. The third-order valence-electron chi connectivity index (χ3n) is 3.19. The van der Waals surface area contributed by atoms with Crippen molar-refractivity contribution in [2.24, 2.45) is 10.9 Å². The van der Waals surface area contributed by atoms with Gasteiger partial charge in [0.25, 0.3) is 0 Å². The summed E-state index contributed by atoms with van der Waals surface area (Å²) >= 11 is 0. The van der Waals surface area contributed by atoms with E-state index in [-0.39, 0.29) is 5.84 Å². The fourth-order valence-corrected chi connectivity index (χ4v) is 2.17. The van der Waals surface area contributed by atoms with Crippen LogP contribution in [-0.2, 0) is 19.6 Å². The van der Waals surface area contributed by atoms with Crippen LogP contribution >= 0.6 is 0 Å². The Morgan fingerprint density at radius 2 is 2.24 bits per heavy atom. The van der Waals surface area contributed by atoms with Gasteiger partial charge in [-0.15, -0.1) is 0 Å². The number of rotatable bonds is 6. The minimum Gasteiger partial charge on any atom is -0.409 e. The van der Waals surface area contributed by atoms with Gasteiger partial charge < -0.3 is 10.9 Å². The van der Waals surface area contributed by atoms with E-state index in [1.165, 1.54) is 0 Å². The molecule has 1 heterocycles. The fourth-order valence-electron chi connectivity index (χ4n) is 2.17. The molecule has 0 atom stereocenters. The lowest BCUT2D eigenvalue weighted by molar-refractivity contribution is 0.303. The van der Waals surface area contributed by atoms with E-state index < -0.39 is 0 Å². The largest absolute Gasteiger partial charge is 0.409 e. The first kappa shape index (κ1) is 15.0. The van der Waals surface area contributed by atoms with Crippen molar-refractivity contribution in [2.75, 3.05) is 7.05 Å². The van der Waals surface area contributed by atoms with Gasteiger partial charge in [0.15, 0.2) is 5.84 Å². The molecule has 0 aliphatic heterocycles. The standard InChI is InChI=1S/C14H20N6O/c1-3-20-13(16-10-17-20)9-19(2)8-11-5-4-6-12(7-11)14(15)18-21/h4-7,10,21H,3,8-9H2,1-2H3,(H2,15,18). The van der Waals surface area contributed by atoms with E-state index in [2.05, 4.69) is 20.1 Å². The molecule has 0 radical (unpaired) electrons. The summed E-state index contributed by atoms with van der Waals surface area (Å²) in [6, 6.07) is 7.63. The predicted molar refractivity (Wildman–Crippen MR) is 79.8 cm³/mol. The zero-order chi connectivity index (χ0) is 15.2. The molecule has 7 heteroatoms. The molecule has 0 aliphatic rings. The van der Waals surface area contributed by atoms with Crippen LogP contribution in [0.15, 0.2) is 35.7 Å². The SMILES string of the molecule is CCn1ncnc1CN(C)Cc1cccc(C(N)=NO)c1. The maximum absolute atomic E-state index is 8.72. The van der Waals surface area contributed by atoms with Crippen molar-refractivity contribution in [3.8, 4) is 0 Å². The van der Waals surface area contributed by atoms with Crippen molar-refractivity contribution in [2.45, 2.75) is 26.6 Å². The summed E-state index contributed by atoms with van der Waals surface area (Å²) in [6.07, 6.45) is 1.58. The van der Waals surface area contributed by atoms with Gasteiger partial charge in [0.1, 0.15) is 12.2 Å². The monoisotopic (exact) mass is 288 g/mol. The van der Waals surface area contributed by atoms with Gasteiger partial charge in [0.2, 0.25) is 0 Å². The molecule has 0 bridgehead atoms. The highest BCUT2D eigenvalue weighted by Gasteiger charge is 2.08. The Morgan fingerprint density at radius 3 is 2.95 bits per heavy atom. The van der Waals surface area contributed by atoms with Gasteiger partial charge in [0.05, 0.1) is 6.54 Å². The zero-order valence-corrected chi connectivity index (χ0v) is 12.3. The van der Waals surface area contributed by atoms with E-state index in [1.807, 2.05) is 42.9 Å². The van der Waals surface area contributed by atoms with Crippen molar-refractivity contribution in [3.05, 3.63) is 47.5 Å². The normalized spacial score (nSPS) is 12.0. The van der Waals surface area contributed by atoms with Gasteiger partial charge in [-0.25, -0.2) is 9.67 Å². The highest BCUT2D eigenvalue weighted by atomic mass is 16.4. The maximum atomic E-state index is 8.72. The topological polar surface area (TPSA) is 92.6 Å². The minimum atomic E-state index is 0.116.